The first-order chi connectivity index (χ1) is 10.7. The first-order valence-electron chi connectivity index (χ1n) is 7.45. The van der Waals surface area contributed by atoms with Gasteiger partial charge in [-0.1, -0.05) is 49.4 Å². The summed E-state index contributed by atoms with van der Waals surface area (Å²) < 4.78 is 11.3. The fourth-order valence-electron chi connectivity index (χ4n) is 2.42. The Bertz CT molecular complexity index is 642. The number of ether oxygens (including phenoxy) is 2. The van der Waals surface area contributed by atoms with E-state index < -0.39 is 6.10 Å². The van der Waals surface area contributed by atoms with Crippen LogP contribution in [0.4, 0.5) is 0 Å². The van der Waals surface area contributed by atoms with Gasteiger partial charge >= 0.3 is 0 Å². The van der Waals surface area contributed by atoms with Gasteiger partial charge in [0.25, 0.3) is 5.91 Å². The Morgan fingerprint density at radius 3 is 2.59 bits per heavy atom. The molecule has 0 unspecified atom stereocenters. The molecule has 0 radical (unpaired) electrons. The molecule has 1 aliphatic rings. The van der Waals surface area contributed by atoms with E-state index in [-0.39, 0.29) is 18.4 Å². The van der Waals surface area contributed by atoms with Gasteiger partial charge in [0.1, 0.15) is 6.61 Å². The Hall–Kier alpha value is -2.49. The summed E-state index contributed by atoms with van der Waals surface area (Å²) in [6.45, 7) is 2.90. The standard InChI is InChI=1S/C18H19NO3/c1-13(14-7-3-2-4-8-14)11-19-18(20)17-12-21-15-9-5-6-10-16(15)22-17/h2-10,13,17H,11-12H2,1H3,(H,19,20)/t13-,17-/m1/s1. The van der Waals surface area contributed by atoms with E-state index in [1.807, 2.05) is 36.4 Å². The van der Waals surface area contributed by atoms with E-state index in [1.165, 1.54) is 5.56 Å². The number of hydrogen-bond acceptors (Lipinski definition) is 3. The van der Waals surface area contributed by atoms with Crippen molar-refractivity contribution in [2.75, 3.05) is 13.2 Å². The van der Waals surface area contributed by atoms with Crippen molar-refractivity contribution in [3.63, 3.8) is 0 Å². The molecular weight excluding hydrogens is 278 g/mol. The van der Waals surface area contributed by atoms with Crippen LogP contribution >= 0.6 is 0 Å². The van der Waals surface area contributed by atoms with E-state index in [2.05, 4.69) is 24.4 Å². The lowest BCUT2D eigenvalue weighted by Gasteiger charge is -2.26. The van der Waals surface area contributed by atoms with Crippen molar-refractivity contribution in [1.29, 1.82) is 0 Å². The molecule has 1 aliphatic heterocycles. The summed E-state index contributed by atoms with van der Waals surface area (Å²) in [7, 11) is 0. The van der Waals surface area contributed by atoms with Crippen LogP contribution in [-0.2, 0) is 4.79 Å². The zero-order valence-corrected chi connectivity index (χ0v) is 12.5. The fourth-order valence-corrected chi connectivity index (χ4v) is 2.42. The molecule has 22 heavy (non-hydrogen) atoms. The molecule has 2 atom stereocenters. The van der Waals surface area contributed by atoms with E-state index in [1.54, 1.807) is 6.07 Å². The second-order valence-corrected chi connectivity index (χ2v) is 5.42. The number of nitrogens with one attached hydrogen (secondary N) is 1. The number of carbonyl (C=O) groups is 1. The molecule has 2 aromatic rings. The van der Waals surface area contributed by atoms with Crippen molar-refractivity contribution in [3.8, 4) is 11.5 Å². The van der Waals surface area contributed by atoms with E-state index in [0.29, 0.717) is 18.0 Å². The first kappa shape index (κ1) is 14.4. The fraction of sp³-hybridized carbons (Fsp3) is 0.278. The summed E-state index contributed by atoms with van der Waals surface area (Å²) in [6.07, 6.45) is -0.599. The Morgan fingerprint density at radius 2 is 1.82 bits per heavy atom. The first-order valence-corrected chi connectivity index (χ1v) is 7.45. The Morgan fingerprint density at radius 1 is 1.14 bits per heavy atom. The zero-order chi connectivity index (χ0) is 15.4. The molecule has 1 heterocycles. The normalized spacial score (nSPS) is 17.6. The highest BCUT2D eigenvalue weighted by Crippen LogP contribution is 2.30. The predicted molar refractivity (Wildman–Crippen MR) is 84.2 cm³/mol. The molecule has 0 spiro atoms. The molecule has 3 rings (SSSR count). The maximum absolute atomic E-state index is 12.2. The van der Waals surface area contributed by atoms with Gasteiger partial charge in [-0.15, -0.1) is 0 Å². The van der Waals surface area contributed by atoms with Gasteiger partial charge < -0.3 is 14.8 Å². The number of para-hydroxylation sites is 2. The minimum absolute atomic E-state index is 0.141. The SMILES string of the molecule is C[C@H](CNC(=O)[C@H]1COc2ccccc2O1)c1ccccc1. The molecule has 0 saturated carbocycles. The third kappa shape index (κ3) is 3.22. The highest BCUT2D eigenvalue weighted by Gasteiger charge is 2.27. The molecule has 0 saturated heterocycles. The molecule has 0 bridgehead atoms. The van der Waals surface area contributed by atoms with Crippen LogP contribution in [0.5, 0.6) is 11.5 Å². The van der Waals surface area contributed by atoms with Crippen LogP contribution < -0.4 is 14.8 Å². The summed E-state index contributed by atoms with van der Waals surface area (Å²) in [5.41, 5.74) is 1.20. The van der Waals surface area contributed by atoms with Crippen LogP contribution in [0.25, 0.3) is 0 Å². The predicted octanol–water partition coefficient (Wildman–Crippen LogP) is 2.75. The molecule has 1 amide bonds. The molecule has 1 N–H and O–H groups in total. The van der Waals surface area contributed by atoms with Crippen LogP contribution in [0, 0.1) is 0 Å². The van der Waals surface area contributed by atoms with Crippen LogP contribution in [-0.4, -0.2) is 25.2 Å². The average Bonchev–Trinajstić information content (AvgIpc) is 2.59. The minimum Gasteiger partial charge on any atom is -0.485 e. The Kier molecular flexibility index (Phi) is 4.28. The van der Waals surface area contributed by atoms with Crippen LogP contribution in [0.3, 0.4) is 0 Å². The number of amides is 1. The lowest BCUT2D eigenvalue weighted by atomic mass is 10.0. The van der Waals surface area contributed by atoms with Crippen LogP contribution in [0.2, 0.25) is 0 Å². The van der Waals surface area contributed by atoms with Crippen molar-refractivity contribution in [2.24, 2.45) is 0 Å². The lowest BCUT2D eigenvalue weighted by Crippen LogP contribution is -2.44. The summed E-state index contributed by atoms with van der Waals surface area (Å²) >= 11 is 0. The molecule has 2 aromatic carbocycles. The van der Waals surface area contributed by atoms with Gasteiger partial charge in [0, 0.05) is 6.54 Å². The van der Waals surface area contributed by atoms with Crippen molar-refractivity contribution in [1.82, 2.24) is 5.32 Å². The highest BCUT2D eigenvalue weighted by atomic mass is 16.6. The van der Waals surface area contributed by atoms with Gasteiger partial charge in [-0.05, 0) is 23.6 Å². The molecule has 4 nitrogen and oxygen atoms in total. The maximum atomic E-state index is 12.2. The second-order valence-electron chi connectivity index (χ2n) is 5.42. The smallest absolute Gasteiger partial charge is 0.264 e. The summed E-state index contributed by atoms with van der Waals surface area (Å²) in [4.78, 5) is 12.2. The van der Waals surface area contributed by atoms with Gasteiger partial charge in [-0.2, -0.15) is 0 Å². The van der Waals surface area contributed by atoms with E-state index in [9.17, 15) is 4.79 Å². The van der Waals surface area contributed by atoms with Crippen molar-refractivity contribution >= 4 is 5.91 Å². The lowest BCUT2D eigenvalue weighted by molar-refractivity contribution is -0.130. The van der Waals surface area contributed by atoms with Gasteiger partial charge in [-0.25, -0.2) is 0 Å². The molecule has 114 valence electrons. The number of rotatable bonds is 4. The number of hydrogen-bond donors (Lipinski definition) is 1. The van der Waals surface area contributed by atoms with Crippen molar-refractivity contribution in [3.05, 3.63) is 60.2 Å². The molecule has 0 fully saturated rings. The Labute approximate surface area is 130 Å². The Balaban J connectivity index is 1.55. The van der Waals surface area contributed by atoms with Gasteiger partial charge in [-0.3, -0.25) is 4.79 Å². The summed E-state index contributed by atoms with van der Waals surface area (Å²) in [6, 6.07) is 17.5. The topological polar surface area (TPSA) is 47.6 Å². The third-order valence-corrected chi connectivity index (χ3v) is 3.75. The number of fused-ring (bicyclic) bond motifs is 1. The third-order valence-electron chi connectivity index (χ3n) is 3.75. The maximum Gasteiger partial charge on any atom is 0.264 e. The van der Waals surface area contributed by atoms with Gasteiger partial charge in [0.2, 0.25) is 6.10 Å². The van der Waals surface area contributed by atoms with Crippen molar-refractivity contribution in [2.45, 2.75) is 18.9 Å². The highest BCUT2D eigenvalue weighted by molar-refractivity contribution is 5.81. The van der Waals surface area contributed by atoms with Crippen molar-refractivity contribution < 1.29 is 14.3 Å². The number of carbonyl (C=O) groups excluding carboxylic acids is 1. The summed E-state index contributed by atoms with van der Waals surface area (Å²) in [5, 5.41) is 2.94. The second kappa shape index (κ2) is 6.52. The van der Waals surface area contributed by atoms with E-state index in [0.717, 1.165) is 0 Å². The minimum atomic E-state index is -0.599. The monoisotopic (exact) mass is 297 g/mol. The average molecular weight is 297 g/mol. The molecular formula is C18H19NO3. The van der Waals surface area contributed by atoms with Gasteiger partial charge in [0.15, 0.2) is 11.5 Å². The van der Waals surface area contributed by atoms with E-state index in [4.69, 9.17) is 9.47 Å². The quantitative estimate of drug-likeness (QED) is 0.944. The molecule has 0 aromatic heterocycles. The van der Waals surface area contributed by atoms with Crippen LogP contribution in [0.15, 0.2) is 54.6 Å². The largest absolute Gasteiger partial charge is 0.485 e. The molecule has 4 heteroatoms. The summed E-state index contributed by atoms with van der Waals surface area (Å²) in [5.74, 6) is 1.41. The van der Waals surface area contributed by atoms with E-state index >= 15 is 0 Å². The van der Waals surface area contributed by atoms with Gasteiger partial charge in [0.05, 0.1) is 0 Å². The van der Waals surface area contributed by atoms with Crippen LogP contribution in [0.1, 0.15) is 18.4 Å². The zero-order valence-electron chi connectivity index (χ0n) is 12.5. The number of benzene rings is 2. The molecule has 0 aliphatic carbocycles.